The lowest BCUT2D eigenvalue weighted by atomic mass is 10.1. The van der Waals surface area contributed by atoms with Crippen LogP contribution >= 0.6 is 7.82 Å². The summed E-state index contributed by atoms with van der Waals surface area (Å²) in [6.45, 7) is 4.43. The molecule has 3 atom stereocenters. The van der Waals surface area contributed by atoms with Crippen LogP contribution < -0.4 is 0 Å². The molecule has 0 radical (unpaired) electrons. The van der Waals surface area contributed by atoms with Gasteiger partial charge in [0.2, 0.25) is 0 Å². The Morgan fingerprint density at radius 3 is 1.20 bits per heavy atom. The van der Waals surface area contributed by atoms with Gasteiger partial charge in [-0.2, -0.15) is 0 Å². The van der Waals surface area contributed by atoms with Crippen LogP contribution in [0.5, 0.6) is 0 Å². The van der Waals surface area contributed by atoms with Crippen LogP contribution in [0.4, 0.5) is 0 Å². The Morgan fingerprint density at radius 2 is 0.757 bits per heavy atom. The Hall–Kier alpha value is -3.08. The molecule has 0 heterocycles. The van der Waals surface area contributed by atoms with Gasteiger partial charge in [0.25, 0.3) is 0 Å². The molecule has 0 bridgehead atoms. The minimum absolute atomic E-state index is 0.147. The number of carbonyl (C=O) groups excluding carboxylic acids is 3. The van der Waals surface area contributed by atoms with Gasteiger partial charge in [-0.05, 0) is 103 Å². The number of unbranched alkanes of at least 4 members (excludes halogenated alkanes) is 22. The second kappa shape index (κ2) is 52.2. The lowest BCUT2D eigenvalue weighted by Gasteiger charge is -2.21. The number of carbonyl (C=O) groups is 3. The molecule has 0 aliphatic heterocycles. The van der Waals surface area contributed by atoms with Gasteiger partial charge in [-0.15, -0.1) is 0 Å². The summed E-state index contributed by atoms with van der Waals surface area (Å²) in [4.78, 5) is 48.4. The fourth-order valence-corrected chi connectivity index (χ4v) is 8.11. The second-order valence-electron chi connectivity index (χ2n) is 18.4. The Kier molecular flexibility index (Phi) is 50.0. The van der Waals surface area contributed by atoms with Crippen molar-refractivity contribution in [2.24, 2.45) is 0 Å². The first-order valence-corrected chi connectivity index (χ1v) is 29.3. The average Bonchev–Trinajstić information content (AvgIpc) is 3.35. The summed E-state index contributed by atoms with van der Waals surface area (Å²) in [6, 6.07) is 0. The summed E-state index contributed by atoms with van der Waals surface area (Å²) in [6.07, 6.45) is 57.2. The van der Waals surface area contributed by atoms with Crippen LogP contribution in [0.2, 0.25) is 0 Å². The predicted molar refractivity (Wildman–Crippen MR) is 288 cm³/mol. The van der Waals surface area contributed by atoms with Crippen LogP contribution in [0, 0.1) is 0 Å². The molecule has 0 spiro atoms. The van der Waals surface area contributed by atoms with Gasteiger partial charge in [0.1, 0.15) is 12.7 Å². The molecule has 404 valence electrons. The van der Waals surface area contributed by atoms with Crippen molar-refractivity contribution in [3.63, 3.8) is 0 Å². The van der Waals surface area contributed by atoms with E-state index in [0.717, 1.165) is 135 Å². The van der Waals surface area contributed by atoms with E-state index in [1.165, 1.54) is 44.9 Å². The third-order valence-corrected chi connectivity index (χ3v) is 12.5. The molecule has 3 unspecified atom stereocenters. The van der Waals surface area contributed by atoms with E-state index in [1.54, 1.807) is 0 Å². The van der Waals surface area contributed by atoms with Gasteiger partial charge in [0, 0.05) is 19.3 Å². The van der Waals surface area contributed by atoms with Gasteiger partial charge < -0.3 is 24.2 Å². The molecule has 0 fully saturated rings. The van der Waals surface area contributed by atoms with E-state index < -0.39 is 57.8 Å². The summed E-state index contributed by atoms with van der Waals surface area (Å²) in [5.74, 6) is -1.50. The minimum atomic E-state index is -4.75. The molecule has 0 amide bonds. The van der Waals surface area contributed by atoms with E-state index in [0.29, 0.717) is 19.3 Å². The first-order valence-electron chi connectivity index (χ1n) is 27.8. The molecule has 12 heteroatoms. The van der Waals surface area contributed by atoms with E-state index >= 15 is 0 Å². The number of hydrogen-bond donors (Lipinski definition) is 2. The molecule has 0 aromatic heterocycles. The molecule has 2 N–H and O–H groups in total. The molecule has 11 nitrogen and oxygen atoms in total. The zero-order chi connectivity index (χ0) is 51.3. The van der Waals surface area contributed by atoms with Gasteiger partial charge in [-0.3, -0.25) is 23.4 Å². The summed E-state index contributed by atoms with van der Waals surface area (Å²) >= 11 is 0. The van der Waals surface area contributed by atoms with Crippen molar-refractivity contribution in [2.75, 3.05) is 26.4 Å². The number of aliphatic hydroxyl groups is 1. The van der Waals surface area contributed by atoms with E-state index in [4.69, 9.17) is 23.3 Å². The molecule has 0 saturated carbocycles. The van der Waals surface area contributed by atoms with Crippen LogP contribution in [0.25, 0.3) is 0 Å². The third-order valence-electron chi connectivity index (χ3n) is 11.6. The Morgan fingerprint density at radius 1 is 0.414 bits per heavy atom. The number of allylic oxidation sites excluding steroid dienone is 12. The van der Waals surface area contributed by atoms with Gasteiger partial charge >= 0.3 is 25.7 Å². The summed E-state index contributed by atoms with van der Waals surface area (Å²) in [5.41, 5.74) is 0. The highest BCUT2D eigenvalue weighted by Crippen LogP contribution is 2.43. The quantitative estimate of drug-likeness (QED) is 0.0197. The fourth-order valence-electron chi connectivity index (χ4n) is 7.32. The van der Waals surface area contributed by atoms with Gasteiger partial charge in [-0.25, -0.2) is 4.57 Å². The van der Waals surface area contributed by atoms with Crippen molar-refractivity contribution < 1.29 is 52.2 Å². The van der Waals surface area contributed by atoms with Gasteiger partial charge in [0.05, 0.1) is 19.8 Å². The van der Waals surface area contributed by atoms with Crippen molar-refractivity contribution in [1.29, 1.82) is 0 Å². The number of esters is 3. The predicted octanol–water partition coefficient (Wildman–Crippen LogP) is 16.1. The second-order valence-corrected chi connectivity index (χ2v) is 19.8. The summed E-state index contributed by atoms with van der Waals surface area (Å²) in [5, 5.41) is 9.78. The number of ether oxygens (including phenoxy) is 3. The average molecular weight is 1010 g/mol. The largest absolute Gasteiger partial charge is 0.472 e. The van der Waals surface area contributed by atoms with E-state index in [2.05, 4.69) is 93.7 Å². The molecule has 0 aromatic carbocycles. The number of rotatable bonds is 51. The van der Waals surface area contributed by atoms with E-state index in [-0.39, 0.29) is 25.9 Å². The number of hydrogen-bond acceptors (Lipinski definition) is 10. The Bertz CT molecular complexity index is 1450. The number of phosphoric ester groups is 1. The zero-order valence-electron chi connectivity index (χ0n) is 44.5. The highest BCUT2D eigenvalue weighted by Gasteiger charge is 2.28. The van der Waals surface area contributed by atoms with Crippen LogP contribution in [-0.2, 0) is 42.2 Å². The maximum atomic E-state index is 12.9. The van der Waals surface area contributed by atoms with E-state index in [1.807, 2.05) is 0 Å². The number of aliphatic hydroxyl groups excluding tert-OH is 1. The van der Waals surface area contributed by atoms with Crippen molar-refractivity contribution in [3.05, 3.63) is 72.9 Å². The first kappa shape index (κ1) is 66.9. The van der Waals surface area contributed by atoms with Crippen molar-refractivity contribution >= 4 is 25.7 Å². The van der Waals surface area contributed by atoms with Crippen LogP contribution in [-0.4, -0.2) is 66.5 Å². The smallest absolute Gasteiger partial charge is 0.462 e. The maximum absolute atomic E-state index is 12.9. The highest BCUT2D eigenvalue weighted by molar-refractivity contribution is 7.47. The van der Waals surface area contributed by atoms with Crippen molar-refractivity contribution in [1.82, 2.24) is 0 Å². The molecule has 0 aliphatic carbocycles. The fraction of sp³-hybridized carbons (Fsp3) is 0.741. The maximum Gasteiger partial charge on any atom is 0.472 e. The molecule has 0 aliphatic rings. The standard InChI is InChI=1S/C58H101O11P/c1-4-7-10-13-16-19-22-24-26-27-29-30-33-35-38-41-44-47-56(60)65-51-55(69-58(62)49-46-43-40-37-34-31-28-25-23-20-17-14-11-8-5-2)53-67-70(63,64)66-52-54(50-59)68-57(61)48-45-42-39-36-32-21-18-15-12-9-6-3/h7,10,15-20,24-26,28,54-55,59H,4-6,8-9,11-14,21-23,27,29-53H2,1-3H3,(H,63,64)/b10-7-,18-15-,19-16-,20-17-,26-24-,28-25-. The van der Waals surface area contributed by atoms with E-state index in [9.17, 15) is 28.9 Å². The van der Waals surface area contributed by atoms with Gasteiger partial charge in [0.15, 0.2) is 6.10 Å². The monoisotopic (exact) mass is 1000 g/mol. The third kappa shape index (κ3) is 49.9. The summed E-state index contributed by atoms with van der Waals surface area (Å²) < 4.78 is 39.4. The zero-order valence-corrected chi connectivity index (χ0v) is 45.4. The number of phosphoric acid groups is 1. The van der Waals surface area contributed by atoms with Crippen LogP contribution in [0.3, 0.4) is 0 Å². The minimum Gasteiger partial charge on any atom is -0.462 e. The molecule has 70 heavy (non-hydrogen) atoms. The molecule has 0 aromatic rings. The Labute approximate surface area is 427 Å². The normalized spacial score (nSPS) is 14.0. The Balaban J connectivity index is 4.77. The first-order chi connectivity index (χ1) is 34.2. The summed E-state index contributed by atoms with van der Waals surface area (Å²) in [7, 11) is -4.75. The van der Waals surface area contributed by atoms with Crippen molar-refractivity contribution in [3.8, 4) is 0 Å². The topological polar surface area (TPSA) is 155 Å². The van der Waals surface area contributed by atoms with Crippen LogP contribution in [0.15, 0.2) is 72.9 Å². The van der Waals surface area contributed by atoms with Gasteiger partial charge in [-0.1, -0.05) is 190 Å². The lowest BCUT2D eigenvalue weighted by molar-refractivity contribution is -0.161. The SMILES string of the molecule is CC/C=C\C/C=C\C/C=C\CCCCCCCCCC(=O)OCC(COP(=O)(O)OCC(CO)OC(=O)CCCCCCC/C=C\CCCC)OC(=O)CCCCCCC/C=C\C/C=C\CCCCC. The lowest BCUT2D eigenvalue weighted by Crippen LogP contribution is -2.30. The van der Waals surface area contributed by atoms with Crippen LogP contribution in [0.1, 0.15) is 239 Å². The molecular formula is C58H101O11P. The molecular weight excluding hydrogens is 904 g/mol. The molecule has 0 saturated heterocycles. The molecule has 0 rings (SSSR count). The van der Waals surface area contributed by atoms with Crippen molar-refractivity contribution in [2.45, 2.75) is 251 Å². The highest BCUT2D eigenvalue weighted by atomic mass is 31.2.